The topological polar surface area (TPSA) is 29.5 Å². The summed E-state index contributed by atoms with van der Waals surface area (Å²) in [5.74, 6) is 0. The van der Waals surface area contributed by atoms with E-state index in [1.54, 1.807) is 0 Å². The van der Waals surface area contributed by atoms with Crippen molar-refractivity contribution in [2.24, 2.45) is 0 Å². The summed E-state index contributed by atoms with van der Waals surface area (Å²) in [6.07, 6.45) is 4.51. The summed E-state index contributed by atoms with van der Waals surface area (Å²) in [6, 6.07) is 0.377. The smallest absolute Gasteiger partial charge is 0.410 e. The van der Waals surface area contributed by atoms with Crippen molar-refractivity contribution in [3.63, 3.8) is 0 Å². The zero-order chi connectivity index (χ0) is 10.8. The third-order valence-corrected chi connectivity index (χ3v) is 2.78. The van der Waals surface area contributed by atoms with Gasteiger partial charge in [0.2, 0.25) is 0 Å². The maximum Gasteiger partial charge on any atom is 0.410 e. The van der Waals surface area contributed by atoms with Gasteiger partial charge in [-0.2, -0.15) is 0 Å². The SMILES string of the molecule is COC(=O)N(C1CCCC1)C(C)(C)C. The number of ether oxygens (including phenoxy) is 1. The molecule has 0 unspecified atom stereocenters. The quantitative estimate of drug-likeness (QED) is 0.650. The van der Waals surface area contributed by atoms with Crippen LogP contribution in [0.15, 0.2) is 0 Å². The monoisotopic (exact) mass is 199 g/mol. The molecule has 0 aromatic rings. The van der Waals surface area contributed by atoms with Gasteiger partial charge >= 0.3 is 6.09 Å². The van der Waals surface area contributed by atoms with Crippen LogP contribution in [0.2, 0.25) is 0 Å². The molecule has 1 aliphatic rings. The van der Waals surface area contributed by atoms with Gasteiger partial charge < -0.3 is 9.64 Å². The average molecular weight is 199 g/mol. The highest BCUT2D eigenvalue weighted by molar-refractivity contribution is 5.68. The van der Waals surface area contributed by atoms with Crippen LogP contribution in [-0.4, -0.2) is 29.7 Å². The summed E-state index contributed by atoms with van der Waals surface area (Å²) in [6.45, 7) is 6.17. The minimum Gasteiger partial charge on any atom is -0.453 e. The lowest BCUT2D eigenvalue weighted by atomic mass is 10.0. The lowest BCUT2D eigenvalue weighted by Crippen LogP contribution is -2.50. The first-order valence-corrected chi connectivity index (χ1v) is 5.34. The second kappa shape index (κ2) is 4.20. The summed E-state index contributed by atoms with van der Waals surface area (Å²) < 4.78 is 4.84. The number of methoxy groups -OCH3 is 1. The van der Waals surface area contributed by atoms with Crippen LogP contribution in [0, 0.1) is 0 Å². The highest BCUT2D eigenvalue weighted by atomic mass is 16.5. The third-order valence-electron chi connectivity index (χ3n) is 2.78. The Balaban J connectivity index is 2.75. The molecule has 0 bridgehead atoms. The van der Waals surface area contributed by atoms with Crippen molar-refractivity contribution in [1.82, 2.24) is 4.90 Å². The minimum atomic E-state index is -0.190. The first-order valence-electron chi connectivity index (χ1n) is 5.34. The Labute approximate surface area is 86.4 Å². The first kappa shape index (κ1) is 11.3. The summed E-state index contributed by atoms with van der Waals surface area (Å²) in [5.41, 5.74) is -0.137. The Hall–Kier alpha value is -0.730. The van der Waals surface area contributed by atoms with Crippen LogP contribution < -0.4 is 0 Å². The number of carbonyl (C=O) groups excluding carboxylic acids is 1. The van der Waals surface area contributed by atoms with E-state index in [0.717, 1.165) is 12.8 Å². The normalized spacial score (nSPS) is 18.3. The predicted octanol–water partition coefficient (Wildman–Crippen LogP) is 2.80. The molecular formula is C11H21NO2. The number of carbonyl (C=O) groups is 1. The minimum absolute atomic E-state index is 0.137. The fourth-order valence-electron chi connectivity index (χ4n) is 2.23. The molecule has 14 heavy (non-hydrogen) atoms. The fourth-order valence-corrected chi connectivity index (χ4v) is 2.23. The number of nitrogens with zero attached hydrogens (tertiary/aromatic N) is 1. The molecular weight excluding hydrogens is 178 g/mol. The summed E-state index contributed by atoms with van der Waals surface area (Å²) >= 11 is 0. The van der Waals surface area contributed by atoms with Gasteiger partial charge in [0.05, 0.1) is 7.11 Å². The molecule has 0 aromatic carbocycles. The van der Waals surface area contributed by atoms with Gasteiger partial charge in [0.1, 0.15) is 0 Å². The van der Waals surface area contributed by atoms with Gasteiger partial charge in [-0.05, 0) is 33.6 Å². The summed E-state index contributed by atoms with van der Waals surface area (Å²) in [5, 5.41) is 0. The molecule has 1 rings (SSSR count). The van der Waals surface area contributed by atoms with Crippen LogP contribution in [0.5, 0.6) is 0 Å². The molecule has 1 fully saturated rings. The van der Waals surface area contributed by atoms with Crippen molar-refractivity contribution in [2.45, 2.75) is 58.0 Å². The van der Waals surface area contributed by atoms with Crippen molar-refractivity contribution in [2.75, 3.05) is 7.11 Å². The predicted molar refractivity (Wildman–Crippen MR) is 56.3 cm³/mol. The maximum absolute atomic E-state index is 11.6. The lowest BCUT2D eigenvalue weighted by Gasteiger charge is -2.39. The van der Waals surface area contributed by atoms with Crippen LogP contribution in [-0.2, 0) is 4.74 Å². The Morgan fingerprint density at radius 3 is 2.14 bits per heavy atom. The molecule has 0 aliphatic heterocycles. The van der Waals surface area contributed by atoms with E-state index in [1.807, 2.05) is 4.90 Å². The number of hydrogen-bond acceptors (Lipinski definition) is 2. The van der Waals surface area contributed by atoms with Gasteiger partial charge in [-0.3, -0.25) is 0 Å². The molecule has 1 saturated carbocycles. The van der Waals surface area contributed by atoms with Crippen molar-refractivity contribution in [3.05, 3.63) is 0 Å². The number of amides is 1. The molecule has 1 aliphatic carbocycles. The Kier molecular flexibility index (Phi) is 3.40. The van der Waals surface area contributed by atoms with Crippen LogP contribution in [0.1, 0.15) is 46.5 Å². The molecule has 82 valence electrons. The number of rotatable bonds is 1. The summed E-state index contributed by atoms with van der Waals surface area (Å²) in [4.78, 5) is 13.5. The number of hydrogen-bond donors (Lipinski definition) is 0. The van der Waals surface area contributed by atoms with Crippen molar-refractivity contribution in [3.8, 4) is 0 Å². The second-order valence-electron chi connectivity index (χ2n) is 4.95. The van der Waals surface area contributed by atoms with E-state index in [0.29, 0.717) is 6.04 Å². The van der Waals surface area contributed by atoms with E-state index in [9.17, 15) is 4.79 Å². The van der Waals surface area contributed by atoms with E-state index >= 15 is 0 Å². The van der Waals surface area contributed by atoms with Crippen molar-refractivity contribution >= 4 is 6.09 Å². The zero-order valence-electron chi connectivity index (χ0n) is 9.67. The van der Waals surface area contributed by atoms with Gasteiger partial charge in [0, 0.05) is 11.6 Å². The molecule has 3 nitrogen and oxygen atoms in total. The van der Waals surface area contributed by atoms with E-state index in [1.165, 1.54) is 20.0 Å². The van der Waals surface area contributed by atoms with Gasteiger partial charge in [0.15, 0.2) is 0 Å². The molecule has 0 radical (unpaired) electrons. The molecule has 0 spiro atoms. The highest BCUT2D eigenvalue weighted by Gasteiger charge is 2.35. The van der Waals surface area contributed by atoms with Crippen LogP contribution in [0.4, 0.5) is 4.79 Å². The summed E-state index contributed by atoms with van der Waals surface area (Å²) in [7, 11) is 1.45. The van der Waals surface area contributed by atoms with Crippen molar-refractivity contribution < 1.29 is 9.53 Å². The molecule has 0 heterocycles. The molecule has 0 atom stereocenters. The Morgan fingerprint density at radius 1 is 1.29 bits per heavy atom. The molecule has 3 heteroatoms. The van der Waals surface area contributed by atoms with Crippen LogP contribution in [0.3, 0.4) is 0 Å². The largest absolute Gasteiger partial charge is 0.453 e. The van der Waals surface area contributed by atoms with E-state index in [4.69, 9.17) is 4.74 Å². The van der Waals surface area contributed by atoms with Gasteiger partial charge in [-0.25, -0.2) is 4.79 Å². The van der Waals surface area contributed by atoms with Crippen LogP contribution >= 0.6 is 0 Å². The molecule has 0 aromatic heterocycles. The van der Waals surface area contributed by atoms with E-state index in [-0.39, 0.29) is 11.6 Å². The van der Waals surface area contributed by atoms with Crippen LogP contribution in [0.25, 0.3) is 0 Å². The van der Waals surface area contributed by atoms with E-state index < -0.39 is 0 Å². The molecule has 0 saturated heterocycles. The maximum atomic E-state index is 11.6. The zero-order valence-corrected chi connectivity index (χ0v) is 9.67. The van der Waals surface area contributed by atoms with Gasteiger partial charge in [-0.15, -0.1) is 0 Å². The second-order valence-corrected chi connectivity index (χ2v) is 4.95. The Bertz CT molecular complexity index is 202. The van der Waals surface area contributed by atoms with Gasteiger partial charge in [-0.1, -0.05) is 12.8 Å². The molecule has 0 N–H and O–H groups in total. The lowest BCUT2D eigenvalue weighted by molar-refractivity contribution is 0.0583. The van der Waals surface area contributed by atoms with Crippen molar-refractivity contribution in [1.29, 1.82) is 0 Å². The van der Waals surface area contributed by atoms with E-state index in [2.05, 4.69) is 20.8 Å². The average Bonchev–Trinajstić information content (AvgIpc) is 2.54. The Morgan fingerprint density at radius 2 is 1.79 bits per heavy atom. The first-order chi connectivity index (χ1) is 6.46. The standard InChI is InChI=1S/C11H21NO2/c1-11(2,3)12(10(13)14-4)9-7-5-6-8-9/h9H,5-8H2,1-4H3. The molecule has 1 amide bonds. The van der Waals surface area contributed by atoms with Gasteiger partial charge in [0.25, 0.3) is 0 Å². The fraction of sp³-hybridized carbons (Fsp3) is 0.909. The third kappa shape index (κ3) is 2.40. The highest BCUT2D eigenvalue weighted by Crippen LogP contribution is 2.29.